The topological polar surface area (TPSA) is 90.7 Å². The van der Waals surface area contributed by atoms with E-state index in [1.165, 1.54) is 18.2 Å². The number of nitro groups is 1. The van der Waals surface area contributed by atoms with Crippen molar-refractivity contribution < 1.29 is 19.2 Å². The Bertz CT molecular complexity index is 1060. The molecule has 31 heavy (non-hydrogen) atoms. The summed E-state index contributed by atoms with van der Waals surface area (Å²) in [5.41, 5.74) is 3.31. The number of non-ortho nitro benzene ring substituents is 1. The number of nitro benzene ring substituents is 1. The molecule has 160 valence electrons. The number of nitrogens with one attached hydrogen (secondary N) is 1. The van der Waals surface area contributed by atoms with Crippen LogP contribution in [0.3, 0.4) is 0 Å². The number of rotatable bonds is 8. The van der Waals surface area contributed by atoms with Gasteiger partial charge in [-0.05, 0) is 43.2 Å². The molecule has 7 heteroatoms. The van der Waals surface area contributed by atoms with E-state index in [0.29, 0.717) is 29.2 Å². The minimum Gasteiger partial charge on any atom is -0.497 e. The second-order valence-corrected chi connectivity index (χ2v) is 7.13. The number of benzene rings is 3. The van der Waals surface area contributed by atoms with Crippen LogP contribution < -0.4 is 14.8 Å². The third-order valence-corrected chi connectivity index (χ3v) is 4.84. The first kappa shape index (κ1) is 21.8. The van der Waals surface area contributed by atoms with E-state index in [9.17, 15) is 14.9 Å². The number of amides is 1. The zero-order valence-corrected chi connectivity index (χ0v) is 17.6. The van der Waals surface area contributed by atoms with Gasteiger partial charge in [-0.15, -0.1) is 0 Å². The Balaban J connectivity index is 1.77. The third-order valence-electron chi connectivity index (χ3n) is 4.84. The maximum atomic E-state index is 12.5. The van der Waals surface area contributed by atoms with Gasteiger partial charge in [0.15, 0.2) is 6.10 Å². The van der Waals surface area contributed by atoms with Crippen LogP contribution in [0.4, 0.5) is 5.69 Å². The van der Waals surface area contributed by atoms with Gasteiger partial charge in [-0.3, -0.25) is 14.9 Å². The fourth-order valence-corrected chi connectivity index (χ4v) is 3.01. The standard InChI is InChI=1S/C24H24N2O5/c1-16-4-6-18(7-5-16)15-25-24(27)17(2)31-23-13-10-20(26(28)29)14-22(23)19-8-11-21(30-3)12-9-19/h4-14,17H,15H2,1-3H3,(H,25,27)/t17-/m1/s1. The monoisotopic (exact) mass is 420 g/mol. The van der Waals surface area contributed by atoms with E-state index in [0.717, 1.165) is 11.1 Å². The number of methoxy groups -OCH3 is 1. The zero-order valence-electron chi connectivity index (χ0n) is 17.6. The summed E-state index contributed by atoms with van der Waals surface area (Å²) in [5, 5.41) is 14.1. The summed E-state index contributed by atoms with van der Waals surface area (Å²) in [6, 6.07) is 19.3. The fraction of sp³-hybridized carbons (Fsp3) is 0.208. The largest absolute Gasteiger partial charge is 0.497 e. The fourth-order valence-electron chi connectivity index (χ4n) is 3.01. The van der Waals surface area contributed by atoms with E-state index in [1.807, 2.05) is 31.2 Å². The molecule has 0 aliphatic rings. The number of carbonyl (C=O) groups is 1. The van der Waals surface area contributed by atoms with Gasteiger partial charge in [0.1, 0.15) is 11.5 Å². The predicted octanol–water partition coefficient (Wildman–Crippen LogP) is 4.66. The normalized spacial score (nSPS) is 11.5. The maximum absolute atomic E-state index is 12.5. The summed E-state index contributed by atoms with van der Waals surface area (Å²) in [7, 11) is 1.56. The Morgan fingerprint density at radius 3 is 2.35 bits per heavy atom. The first-order chi connectivity index (χ1) is 14.9. The van der Waals surface area contributed by atoms with Crippen molar-refractivity contribution in [3.05, 3.63) is 88.0 Å². The highest BCUT2D eigenvalue weighted by Crippen LogP contribution is 2.35. The first-order valence-electron chi connectivity index (χ1n) is 9.80. The molecule has 0 unspecified atom stereocenters. The smallest absolute Gasteiger partial charge is 0.270 e. The van der Waals surface area contributed by atoms with Crippen molar-refractivity contribution in [2.45, 2.75) is 26.5 Å². The van der Waals surface area contributed by atoms with Crippen LogP contribution in [0.25, 0.3) is 11.1 Å². The van der Waals surface area contributed by atoms with Crippen LogP contribution in [0.1, 0.15) is 18.1 Å². The van der Waals surface area contributed by atoms with Gasteiger partial charge in [0.05, 0.1) is 12.0 Å². The summed E-state index contributed by atoms with van der Waals surface area (Å²) in [4.78, 5) is 23.3. The van der Waals surface area contributed by atoms with E-state index in [2.05, 4.69) is 5.32 Å². The molecular formula is C24H24N2O5. The van der Waals surface area contributed by atoms with Gasteiger partial charge in [0.2, 0.25) is 0 Å². The zero-order chi connectivity index (χ0) is 22.4. The minimum absolute atomic E-state index is 0.0605. The van der Waals surface area contributed by atoms with Crippen LogP contribution in [-0.2, 0) is 11.3 Å². The molecule has 3 aromatic carbocycles. The molecule has 7 nitrogen and oxygen atoms in total. The highest BCUT2D eigenvalue weighted by atomic mass is 16.6. The molecule has 0 bridgehead atoms. The lowest BCUT2D eigenvalue weighted by Crippen LogP contribution is -2.36. The quantitative estimate of drug-likeness (QED) is 0.423. The van der Waals surface area contributed by atoms with Crippen molar-refractivity contribution >= 4 is 11.6 Å². The van der Waals surface area contributed by atoms with Crippen LogP contribution in [0.15, 0.2) is 66.7 Å². The number of aryl methyl sites for hydroxylation is 1. The number of nitrogens with zero attached hydrogens (tertiary/aromatic N) is 1. The van der Waals surface area contributed by atoms with Gasteiger partial charge >= 0.3 is 0 Å². The van der Waals surface area contributed by atoms with Crippen molar-refractivity contribution in [3.8, 4) is 22.6 Å². The van der Waals surface area contributed by atoms with Crippen molar-refractivity contribution in [3.63, 3.8) is 0 Å². The van der Waals surface area contributed by atoms with Gasteiger partial charge in [-0.1, -0.05) is 42.0 Å². The summed E-state index contributed by atoms with van der Waals surface area (Å²) >= 11 is 0. The van der Waals surface area contributed by atoms with Crippen LogP contribution in [0.5, 0.6) is 11.5 Å². The Morgan fingerprint density at radius 1 is 1.06 bits per heavy atom. The maximum Gasteiger partial charge on any atom is 0.270 e. The molecule has 1 amide bonds. The predicted molar refractivity (Wildman–Crippen MR) is 118 cm³/mol. The van der Waals surface area contributed by atoms with E-state index in [4.69, 9.17) is 9.47 Å². The summed E-state index contributed by atoms with van der Waals surface area (Å²) in [6.07, 6.45) is -0.788. The second kappa shape index (κ2) is 9.75. The second-order valence-electron chi connectivity index (χ2n) is 7.13. The molecular weight excluding hydrogens is 396 g/mol. The molecule has 0 aliphatic carbocycles. The Kier molecular flexibility index (Phi) is 6.87. The third kappa shape index (κ3) is 5.60. The van der Waals surface area contributed by atoms with Gasteiger partial charge in [-0.25, -0.2) is 0 Å². The molecule has 0 saturated carbocycles. The molecule has 3 rings (SSSR count). The number of hydrogen-bond donors (Lipinski definition) is 1. The van der Waals surface area contributed by atoms with E-state index in [-0.39, 0.29) is 11.6 Å². The molecule has 0 spiro atoms. The van der Waals surface area contributed by atoms with Crippen LogP contribution >= 0.6 is 0 Å². The van der Waals surface area contributed by atoms with Gasteiger partial charge in [0, 0.05) is 24.2 Å². The average Bonchev–Trinajstić information content (AvgIpc) is 2.78. The molecule has 3 aromatic rings. The van der Waals surface area contributed by atoms with E-state index in [1.54, 1.807) is 38.3 Å². The van der Waals surface area contributed by atoms with Crippen molar-refractivity contribution in [2.24, 2.45) is 0 Å². The van der Waals surface area contributed by atoms with Gasteiger partial charge < -0.3 is 14.8 Å². The van der Waals surface area contributed by atoms with E-state index >= 15 is 0 Å². The lowest BCUT2D eigenvalue weighted by molar-refractivity contribution is -0.384. The summed E-state index contributed by atoms with van der Waals surface area (Å²) < 4.78 is 11.1. The molecule has 0 fully saturated rings. The van der Waals surface area contributed by atoms with Crippen molar-refractivity contribution in [1.82, 2.24) is 5.32 Å². The van der Waals surface area contributed by atoms with E-state index < -0.39 is 11.0 Å². The lowest BCUT2D eigenvalue weighted by atomic mass is 10.0. The van der Waals surface area contributed by atoms with Crippen LogP contribution in [0, 0.1) is 17.0 Å². The van der Waals surface area contributed by atoms with Gasteiger partial charge in [-0.2, -0.15) is 0 Å². The number of ether oxygens (including phenoxy) is 2. The molecule has 1 N–H and O–H groups in total. The van der Waals surface area contributed by atoms with Gasteiger partial charge in [0.25, 0.3) is 11.6 Å². The Morgan fingerprint density at radius 2 is 1.74 bits per heavy atom. The highest BCUT2D eigenvalue weighted by molar-refractivity contribution is 5.81. The Hall–Kier alpha value is -3.87. The van der Waals surface area contributed by atoms with Crippen molar-refractivity contribution in [2.75, 3.05) is 7.11 Å². The first-order valence-corrected chi connectivity index (χ1v) is 9.80. The molecule has 0 heterocycles. The number of carbonyl (C=O) groups excluding carboxylic acids is 1. The van der Waals surface area contributed by atoms with Crippen LogP contribution in [0.2, 0.25) is 0 Å². The summed E-state index contributed by atoms with van der Waals surface area (Å²) in [6.45, 7) is 4.03. The number of hydrogen-bond acceptors (Lipinski definition) is 5. The minimum atomic E-state index is -0.788. The molecule has 0 radical (unpaired) electrons. The SMILES string of the molecule is COc1ccc(-c2cc([N+](=O)[O-])ccc2O[C@H](C)C(=O)NCc2ccc(C)cc2)cc1. The van der Waals surface area contributed by atoms with Crippen molar-refractivity contribution in [1.29, 1.82) is 0 Å². The lowest BCUT2D eigenvalue weighted by Gasteiger charge is -2.17. The van der Waals surface area contributed by atoms with Crippen LogP contribution in [-0.4, -0.2) is 24.0 Å². The molecule has 0 saturated heterocycles. The highest BCUT2D eigenvalue weighted by Gasteiger charge is 2.19. The molecule has 1 atom stereocenters. The summed E-state index contributed by atoms with van der Waals surface area (Å²) in [5.74, 6) is 0.772. The Labute approximate surface area is 180 Å². The molecule has 0 aliphatic heterocycles. The molecule has 0 aromatic heterocycles. The average molecular weight is 420 g/mol.